The van der Waals surface area contributed by atoms with Crippen LogP contribution in [0.4, 0.5) is 5.82 Å². The monoisotopic (exact) mass is 247 g/mol. The molecule has 2 aromatic rings. The van der Waals surface area contributed by atoms with Crippen LogP contribution >= 0.6 is 11.3 Å². The van der Waals surface area contributed by atoms with E-state index in [0.717, 1.165) is 18.1 Å². The van der Waals surface area contributed by atoms with Crippen molar-refractivity contribution in [3.63, 3.8) is 0 Å². The van der Waals surface area contributed by atoms with Gasteiger partial charge in [-0.1, -0.05) is 0 Å². The van der Waals surface area contributed by atoms with Gasteiger partial charge in [0.25, 0.3) is 0 Å². The number of anilines is 1. The van der Waals surface area contributed by atoms with Crippen LogP contribution < -0.4 is 5.32 Å². The summed E-state index contributed by atoms with van der Waals surface area (Å²) in [7, 11) is 0. The summed E-state index contributed by atoms with van der Waals surface area (Å²) in [5, 5.41) is 11.8. The van der Waals surface area contributed by atoms with E-state index >= 15 is 0 Å². The molecule has 2 rings (SSSR count). The van der Waals surface area contributed by atoms with Gasteiger partial charge in [-0.3, -0.25) is 0 Å². The lowest BCUT2D eigenvalue weighted by atomic mass is 10.1. The summed E-state index contributed by atoms with van der Waals surface area (Å²) in [6.45, 7) is 9.23. The molecule has 90 valence electrons. The molecular formula is C13H17N3S. The van der Waals surface area contributed by atoms with Gasteiger partial charge >= 0.3 is 0 Å². The molecule has 4 heteroatoms. The molecule has 0 radical (unpaired) electrons. The van der Waals surface area contributed by atoms with Crippen molar-refractivity contribution in [2.24, 2.45) is 0 Å². The summed E-state index contributed by atoms with van der Waals surface area (Å²) in [5.41, 5.74) is 3.39. The van der Waals surface area contributed by atoms with Gasteiger partial charge in [0.2, 0.25) is 0 Å². The maximum absolute atomic E-state index is 4.34. The molecule has 0 aromatic carbocycles. The highest BCUT2D eigenvalue weighted by Crippen LogP contribution is 2.30. The van der Waals surface area contributed by atoms with Gasteiger partial charge in [-0.15, -0.1) is 21.5 Å². The van der Waals surface area contributed by atoms with E-state index in [1.807, 2.05) is 0 Å². The molecule has 1 N–H and O–H groups in total. The molecule has 17 heavy (non-hydrogen) atoms. The van der Waals surface area contributed by atoms with Gasteiger partial charge in [0, 0.05) is 11.4 Å². The number of nitrogens with one attached hydrogen (secondary N) is 1. The third kappa shape index (κ3) is 2.31. The summed E-state index contributed by atoms with van der Waals surface area (Å²) in [6, 6.07) is 4.23. The van der Waals surface area contributed by atoms with Crippen LogP contribution in [0.15, 0.2) is 12.1 Å². The first-order chi connectivity index (χ1) is 8.13. The van der Waals surface area contributed by atoms with E-state index in [1.54, 1.807) is 11.3 Å². The Morgan fingerprint density at radius 1 is 1.12 bits per heavy atom. The Kier molecular flexibility index (Phi) is 3.43. The topological polar surface area (TPSA) is 37.8 Å². The largest absolute Gasteiger partial charge is 0.369 e. The smallest absolute Gasteiger partial charge is 0.151 e. The van der Waals surface area contributed by atoms with E-state index < -0.39 is 0 Å². The molecular weight excluding hydrogens is 230 g/mol. The van der Waals surface area contributed by atoms with Crippen LogP contribution in [0.5, 0.6) is 0 Å². The van der Waals surface area contributed by atoms with E-state index in [-0.39, 0.29) is 0 Å². The summed E-state index contributed by atoms with van der Waals surface area (Å²) >= 11 is 1.76. The highest BCUT2D eigenvalue weighted by molar-refractivity contribution is 7.15. The maximum Gasteiger partial charge on any atom is 0.151 e. The zero-order valence-electron chi connectivity index (χ0n) is 10.7. The molecule has 0 aliphatic heterocycles. The van der Waals surface area contributed by atoms with Crippen LogP contribution in [0.1, 0.15) is 22.9 Å². The van der Waals surface area contributed by atoms with Crippen LogP contribution in [0, 0.1) is 20.8 Å². The van der Waals surface area contributed by atoms with Crippen LogP contribution in [0.2, 0.25) is 0 Å². The van der Waals surface area contributed by atoms with Gasteiger partial charge in [0.1, 0.15) is 5.69 Å². The van der Waals surface area contributed by atoms with E-state index in [9.17, 15) is 0 Å². The number of thiophene rings is 1. The molecule has 0 aliphatic rings. The van der Waals surface area contributed by atoms with Crippen molar-refractivity contribution in [1.29, 1.82) is 0 Å². The summed E-state index contributed by atoms with van der Waals surface area (Å²) in [4.78, 5) is 2.49. The number of hydrogen-bond acceptors (Lipinski definition) is 4. The standard InChI is InChI=1S/C13H17N3S/c1-5-14-13-10(4)9(3)12(15-16-13)11-7-6-8(2)17-11/h6-7H,5H2,1-4H3,(H,14,16). The Morgan fingerprint density at radius 2 is 1.88 bits per heavy atom. The second-order valence-corrected chi connectivity index (χ2v) is 5.38. The normalized spacial score (nSPS) is 10.6. The molecule has 2 aromatic heterocycles. The predicted molar refractivity (Wildman–Crippen MR) is 73.7 cm³/mol. The van der Waals surface area contributed by atoms with Gasteiger partial charge in [-0.05, 0) is 51.0 Å². The molecule has 0 fully saturated rings. The lowest BCUT2D eigenvalue weighted by molar-refractivity contribution is 0.989. The zero-order valence-corrected chi connectivity index (χ0v) is 11.5. The van der Waals surface area contributed by atoms with Gasteiger partial charge in [0.05, 0.1) is 4.88 Å². The lowest BCUT2D eigenvalue weighted by Crippen LogP contribution is -2.05. The Labute approximate surface area is 106 Å². The minimum Gasteiger partial charge on any atom is -0.369 e. The van der Waals surface area contributed by atoms with Crippen molar-refractivity contribution in [2.75, 3.05) is 11.9 Å². The molecule has 0 saturated carbocycles. The molecule has 0 aliphatic carbocycles. The van der Waals surface area contributed by atoms with E-state index in [1.165, 1.54) is 20.9 Å². The Balaban J connectivity index is 2.47. The number of aromatic nitrogens is 2. The first kappa shape index (κ1) is 12.0. The molecule has 0 spiro atoms. The number of aryl methyl sites for hydroxylation is 1. The first-order valence-electron chi connectivity index (χ1n) is 5.78. The quantitative estimate of drug-likeness (QED) is 0.901. The molecule has 0 amide bonds. The summed E-state index contributed by atoms with van der Waals surface area (Å²) < 4.78 is 0. The average Bonchev–Trinajstić information content (AvgIpc) is 2.72. The molecule has 0 bridgehead atoms. The lowest BCUT2D eigenvalue weighted by Gasteiger charge is -2.10. The van der Waals surface area contributed by atoms with E-state index in [2.05, 4.69) is 55.3 Å². The number of hydrogen-bond donors (Lipinski definition) is 1. The van der Waals surface area contributed by atoms with Crippen LogP contribution in [0.25, 0.3) is 10.6 Å². The molecule has 3 nitrogen and oxygen atoms in total. The second-order valence-electron chi connectivity index (χ2n) is 4.09. The van der Waals surface area contributed by atoms with Crippen LogP contribution in [-0.2, 0) is 0 Å². The fourth-order valence-corrected chi connectivity index (χ4v) is 2.65. The van der Waals surface area contributed by atoms with Gasteiger partial charge in [0.15, 0.2) is 5.82 Å². The zero-order chi connectivity index (χ0) is 12.4. The van der Waals surface area contributed by atoms with Crippen molar-refractivity contribution in [3.05, 3.63) is 28.1 Å². The Morgan fingerprint density at radius 3 is 2.47 bits per heavy atom. The highest BCUT2D eigenvalue weighted by atomic mass is 32.1. The van der Waals surface area contributed by atoms with E-state index in [4.69, 9.17) is 0 Å². The highest BCUT2D eigenvalue weighted by Gasteiger charge is 2.12. The van der Waals surface area contributed by atoms with Crippen molar-refractivity contribution >= 4 is 17.2 Å². The van der Waals surface area contributed by atoms with Crippen molar-refractivity contribution in [1.82, 2.24) is 10.2 Å². The fraction of sp³-hybridized carbons (Fsp3) is 0.385. The van der Waals surface area contributed by atoms with Crippen molar-refractivity contribution in [3.8, 4) is 10.6 Å². The van der Waals surface area contributed by atoms with Crippen molar-refractivity contribution in [2.45, 2.75) is 27.7 Å². The Hall–Kier alpha value is -1.42. The fourth-order valence-electron chi connectivity index (χ4n) is 1.74. The predicted octanol–water partition coefficient (Wildman–Crippen LogP) is 3.56. The van der Waals surface area contributed by atoms with Crippen LogP contribution in [0.3, 0.4) is 0 Å². The van der Waals surface area contributed by atoms with Gasteiger partial charge < -0.3 is 5.32 Å². The van der Waals surface area contributed by atoms with Gasteiger partial charge in [-0.2, -0.15) is 0 Å². The minimum atomic E-state index is 0.867. The summed E-state index contributed by atoms with van der Waals surface area (Å²) in [6.07, 6.45) is 0. The molecule has 0 saturated heterocycles. The first-order valence-corrected chi connectivity index (χ1v) is 6.59. The minimum absolute atomic E-state index is 0.867. The third-order valence-corrected chi connectivity index (χ3v) is 3.85. The van der Waals surface area contributed by atoms with Gasteiger partial charge in [-0.25, -0.2) is 0 Å². The van der Waals surface area contributed by atoms with Crippen molar-refractivity contribution < 1.29 is 0 Å². The van der Waals surface area contributed by atoms with Crippen LogP contribution in [-0.4, -0.2) is 16.7 Å². The van der Waals surface area contributed by atoms with E-state index in [0.29, 0.717) is 0 Å². The number of nitrogens with zero attached hydrogens (tertiary/aromatic N) is 2. The molecule has 0 unspecified atom stereocenters. The third-order valence-electron chi connectivity index (χ3n) is 2.84. The molecule has 0 atom stereocenters. The SMILES string of the molecule is CCNc1nnc(-c2ccc(C)s2)c(C)c1C. The molecule has 2 heterocycles. The average molecular weight is 247 g/mol. The Bertz CT molecular complexity index is 531. The second kappa shape index (κ2) is 4.84. The summed E-state index contributed by atoms with van der Waals surface area (Å²) in [5.74, 6) is 0.891. The number of rotatable bonds is 3. The maximum atomic E-state index is 4.34.